The number of hydrogen-bond donors (Lipinski definition) is 1. The number of nitrogens with zero attached hydrogens (tertiary/aromatic N) is 1. The van der Waals surface area contributed by atoms with Crippen molar-refractivity contribution in [3.63, 3.8) is 0 Å². The van der Waals surface area contributed by atoms with E-state index in [2.05, 4.69) is 10.3 Å². The number of benzene rings is 2. The van der Waals surface area contributed by atoms with Gasteiger partial charge in [-0.25, -0.2) is 8.78 Å². The second-order valence-electron chi connectivity index (χ2n) is 8.09. The van der Waals surface area contributed by atoms with E-state index in [4.69, 9.17) is 11.6 Å². The first kappa shape index (κ1) is 20.7. The molecule has 6 heteroatoms. The van der Waals surface area contributed by atoms with E-state index in [-0.39, 0.29) is 30.5 Å². The first-order chi connectivity index (χ1) is 14.4. The van der Waals surface area contributed by atoms with Crippen LogP contribution in [0.5, 0.6) is 0 Å². The molecule has 1 heterocycles. The van der Waals surface area contributed by atoms with Gasteiger partial charge in [0.15, 0.2) is 0 Å². The van der Waals surface area contributed by atoms with Gasteiger partial charge in [0, 0.05) is 22.3 Å². The average Bonchev–Trinajstić information content (AvgIpc) is 2.75. The molecule has 1 amide bonds. The maximum absolute atomic E-state index is 15.7. The number of carbonyl (C=O) groups is 1. The van der Waals surface area contributed by atoms with Gasteiger partial charge >= 0.3 is 0 Å². The lowest BCUT2D eigenvalue weighted by atomic mass is 9.71. The summed E-state index contributed by atoms with van der Waals surface area (Å²) in [5.41, 5.74) is 0.765. The van der Waals surface area contributed by atoms with Gasteiger partial charge < -0.3 is 5.32 Å². The molecule has 3 nitrogen and oxygen atoms in total. The topological polar surface area (TPSA) is 42.0 Å². The van der Waals surface area contributed by atoms with Crippen molar-refractivity contribution in [3.8, 4) is 0 Å². The fourth-order valence-electron chi connectivity index (χ4n) is 4.36. The van der Waals surface area contributed by atoms with Gasteiger partial charge in [-0.1, -0.05) is 18.5 Å². The highest BCUT2D eigenvalue weighted by molar-refractivity contribution is 6.30. The molecule has 1 aliphatic rings. The molecule has 2 aromatic carbocycles. The van der Waals surface area contributed by atoms with E-state index >= 15 is 4.39 Å². The Labute approximate surface area is 179 Å². The number of fused-ring (bicyclic) bond motifs is 1. The van der Waals surface area contributed by atoms with Crippen molar-refractivity contribution in [2.45, 2.75) is 44.2 Å². The van der Waals surface area contributed by atoms with Crippen LogP contribution in [0.1, 0.15) is 44.1 Å². The molecule has 1 saturated carbocycles. The van der Waals surface area contributed by atoms with Crippen LogP contribution in [-0.2, 0) is 4.79 Å². The Morgan fingerprint density at radius 1 is 1.17 bits per heavy atom. The third-order valence-electron chi connectivity index (χ3n) is 6.28. The molecule has 1 fully saturated rings. The first-order valence-electron chi connectivity index (χ1n) is 10.2. The quantitative estimate of drug-likeness (QED) is 0.504. The smallest absolute Gasteiger partial charge is 0.230 e. The van der Waals surface area contributed by atoms with Gasteiger partial charge in [-0.05, 0) is 85.7 Å². The van der Waals surface area contributed by atoms with Gasteiger partial charge in [-0.3, -0.25) is 9.78 Å². The summed E-state index contributed by atoms with van der Waals surface area (Å²) in [6.45, 7) is 1.64. The molecule has 0 saturated heterocycles. The van der Waals surface area contributed by atoms with Gasteiger partial charge in [0.25, 0.3) is 0 Å². The van der Waals surface area contributed by atoms with Crippen molar-refractivity contribution in [2.75, 3.05) is 5.32 Å². The second-order valence-corrected chi connectivity index (χ2v) is 8.52. The number of carbonyl (C=O) groups excluding carboxylic acids is 1. The Morgan fingerprint density at radius 2 is 1.87 bits per heavy atom. The number of halogens is 3. The van der Waals surface area contributed by atoms with Crippen LogP contribution in [-0.4, -0.2) is 16.6 Å². The predicted octanol–water partition coefficient (Wildman–Crippen LogP) is 6.67. The summed E-state index contributed by atoms with van der Waals surface area (Å²) < 4.78 is 29.5. The molecule has 156 valence electrons. The molecule has 0 bridgehead atoms. The summed E-state index contributed by atoms with van der Waals surface area (Å²) in [6.07, 6.45) is 3.49. The van der Waals surface area contributed by atoms with Crippen molar-refractivity contribution in [2.24, 2.45) is 5.92 Å². The number of amides is 1. The minimum Gasteiger partial charge on any atom is -0.326 e. The largest absolute Gasteiger partial charge is 0.326 e. The van der Waals surface area contributed by atoms with Gasteiger partial charge in [0.05, 0.1) is 11.4 Å². The number of nitrogens with one attached hydrogen (secondary N) is 1. The fourth-order valence-corrected chi connectivity index (χ4v) is 4.48. The van der Waals surface area contributed by atoms with Crippen LogP contribution in [0.2, 0.25) is 5.02 Å². The molecular weight excluding hydrogens is 406 g/mol. The number of rotatable bonds is 4. The zero-order valence-corrected chi connectivity index (χ0v) is 17.4. The summed E-state index contributed by atoms with van der Waals surface area (Å²) >= 11 is 5.87. The number of hydrogen-bond acceptors (Lipinski definition) is 2. The highest BCUT2D eigenvalue weighted by Gasteiger charge is 2.43. The molecule has 1 aromatic heterocycles. The highest BCUT2D eigenvalue weighted by atomic mass is 35.5. The zero-order chi connectivity index (χ0) is 21.3. The van der Waals surface area contributed by atoms with E-state index in [0.717, 1.165) is 16.5 Å². The normalized spacial score (nSPS) is 22.6. The molecular formula is C24H23ClF2N2O. The third-order valence-corrected chi connectivity index (χ3v) is 6.53. The molecule has 3 aromatic rings. The zero-order valence-electron chi connectivity index (χ0n) is 16.7. The van der Waals surface area contributed by atoms with E-state index < -0.39 is 11.6 Å². The average molecular weight is 429 g/mol. The van der Waals surface area contributed by atoms with Crippen molar-refractivity contribution < 1.29 is 13.6 Å². The minimum absolute atomic E-state index is 0.118. The Balaban J connectivity index is 1.46. The van der Waals surface area contributed by atoms with Gasteiger partial charge in [0.2, 0.25) is 5.91 Å². The summed E-state index contributed by atoms with van der Waals surface area (Å²) in [6, 6.07) is 13.2. The van der Waals surface area contributed by atoms with Gasteiger partial charge in [-0.2, -0.15) is 0 Å². The standard InChI is InChI=1S/C24H23ClF2N2O/c1-15(23(30)29-19-5-2-17(25)3-6-19)24(27)11-8-16(9-12-24)20-10-13-28-22-7-4-18(26)14-21(20)22/h2-7,10,13-16H,8-9,11-12H2,1H3,(H,29,30)/t15?,16-,24+. The van der Waals surface area contributed by atoms with Gasteiger partial charge in [0.1, 0.15) is 11.5 Å². The molecule has 4 rings (SSSR count). The lowest BCUT2D eigenvalue weighted by molar-refractivity contribution is -0.125. The number of pyridine rings is 1. The van der Waals surface area contributed by atoms with Gasteiger partial charge in [-0.15, -0.1) is 0 Å². The Morgan fingerprint density at radius 3 is 2.57 bits per heavy atom. The minimum atomic E-state index is -1.57. The number of aromatic nitrogens is 1. The molecule has 0 radical (unpaired) electrons. The van der Waals surface area contributed by atoms with Crippen molar-refractivity contribution in [1.82, 2.24) is 4.98 Å². The van der Waals surface area contributed by atoms with E-state index in [1.807, 2.05) is 6.07 Å². The summed E-state index contributed by atoms with van der Waals surface area (Å²) in [5, 5.41) is 4.13. The van der Waals surface area contributed by atoms with Crippen molar-refractivity contribution in [1.29, 1.82) is 0 Å². The SMILES string of the molecule is CC(C(=O)Nc1ccc(Cl)cc1)[C@]1(F)CC[C@@H](c2ccnc3ccc(F)cc32)CC1. The summed E-state index contributed by atoms with van der Waals surface area (Å²) in [7, 11) is 0. The molecule has 0 spiro atoms. The molecule has 1 N–H and O–H groups in total. The summed E-state index contributed by atoms with van der Waals surface area (Å²) in [5.74, 6) is -1.30. The van der Waals surface area contributed by atoms with Crippen molar-refractivity contribution >= 4 is 34.1 Å². The monoisotopic (exact) mass is 428 g/mol. The first-order valence-corrected chi connectivity index (χ1v) is 10.5. The maximum atomic E-state index is 15.7. The second kappa shape index (κ2) is 8.31. The lowest BCUT2D eigenvalue weighted by Gasteiger charge is -2.37. The number of anilines is 1. The van der Waals surface area contributed by atoms with Crippen LogP contribution in [0.15, 0.2) is 54.7 Å². The highest BCUT2D eigenvalue weighted by Crippen LogP contribution is 2.45. The Hall–Kier alpha value is -2.53. The molecule has 1 unspecified atom stereocenters. The third kappa shape index (κ3) is 4.17. The van der Waals surface area contributed by atoms with Crippen LogP contribution in [0.4, 0.5) is 14.5 Å². The molecule has 1 atom stereocenters. The van der Waals surface area contributed by atoms with Crippen LogP contribution >= 0.6 is 11.6 Å². The van der Waals surface area contributed by atoms with E-state index in [0.29, 0.717) is 23.6 Å². The van der Waals surface area contributed by atoms with E-state index in [1.165, 1.54) is 12.1 Å². The van der Waals surface area contributed by atoms with E-state index in [9.17, 15) is 9.18 Å². The Bertz CT molecular complexity index is 1060. The van der Waals surface area contributed by atoms with Crippen LogP contribution in [0.25, 0.3) is 10.9 Å². The van der Waals surface area contributed by atoms with Crippen LogP contribution in [0, 0.1) is 11.7 Å². The van der Waals surface area contributed by atoms with E-state index in [1.54, 1.807) is 43.5 Å². The fraction of sp³-hybridized carbons (Fsp3) is 0.333. The maximum Gasteiger partial charge on any atom is 0.230 e. The predicted molar refractivity (Wildman–Crippen MR) is 116 cm³/mol. The summed E-state index contributed by atoms with van der Waals surface area (Å²) in [4.78, 5) is 16.9. The lowest BCUT2D eigenvalue weighted by Crippen LogP contribution is -2.42. The van der Waals surface area contributed by atoms with Crippen LogP contribution in [0.3, 0.4) is 0 Å². The van der Waals surface area contributed by atoms with Crippen LogP contribution < -0.4 is 5.32 Å². The Kier molecular flexibility index (Phi) is 5.74. The number of alkyl halides is 1. The molecule has 1 aliphatic carbocycles. The molecule has 0 aliphatic heterocycles. The molecule has 30 heavy (non-hydrogen) atoms. The van der Waals surface area contributed by atoms with Crippen molar-refractivity contribution in [3.05, 3.63) is 71.1 Å².